The Morgan fingerprint density at radius 2 is 1.59 bits per heavy atom. The van der Waals surface area contributed by atoms with E-state index in [1.807, 2.05) is 27.7 Å². The Labute approximate surface area is 194 Å². The van der Waals surface area contributed by atoms with Crippen molar-refractivity contribution in [3.05, 3.63) is 0 Å². The lowest BCUT2D eigenvalue weighted by molar-refractivity contribution is -0.139. The summed E-state index contributed by atoms with van der Waals surface area (Å²) in [5.74, 6) is -0.761. The fraction of sp³-hybridized carbons (Fsp3) is 0.875. The van der Waals surface area contributed by atoms with E-state index < -0.39 is 17.6 Å². The molecule has 32 heavy (non-hydrogen) atoms. The molecule has 0 spiro atoms. The van der Waals surface area contributed by atoms with E-state index in [1.54, 1.807) is 14.0 Å². The molecule has 0 aromatic carbocycles. The Morgan fingerprint density at radius 3 is 2.09 bits per heavy atom. The summed E-state index contributed by atoms with van der Waals surface area (Å²) in [7, 11) is 1.56. The Balaban J connectivity index is 4.28. The number of ether oxygens (including phenoxy) is 2. The highest BCUT2D eigenvalue weighted by Gasteiger charge is 2.34. The minimum absolute atomic E-state index is 0.142. The Bertz CT molecular complexity index is 616. The van der Waals surface area contributed by atoms with E-state index in [1.165, 1.54) is 0 Å². The summed E-state index contributed by atoms with van der Waals surface area (Å²) < 4.78 is 12.1. The lowest BCUT2D eigenvalue weighted by Crippen LogP contribution is -2.39. The minimum Gasteiger partial charge on any atom is -0.480 e. The number of rotatable bonds is 17. The number of likely N-dealkylation sites (N-methyl/N-ethyl adjacent to an activating group) is 1. The molecule has 0 aliphatic heterocycles. The standard InChI is InChI=1S/C24H46N2O6/c1-17(16-22(3,4)18(2)27)24(7,8)32-14-12-23(5,6)31-15-13-26-20(28)11-10-19(25-9)21(29)30/h17,19,25H,10-16H2,1-9H3,(H,26,28)(H,29,30). The SMILES string of the molecule is CNC(CCC(=O)NCCOC(C)(C)CCOC(C)(C)C(C)CC(C)(C)C(C)=O)C(=O)O. The highest BCUT2D eigenvalue weighted by Crippen LogP contribution is 2.34. The third-order valence-electron chi connectivity index (χ3n) is 6.36. The van der Waals surface area contributed by atoms with Crippen LogP contribution in [0.2, 0.25) is 0 Å². The molecular formula is C24H46N2O6. The van der Waals surface area contributed by atoms with Crippen LogP contribution >= 0.6 is 0 Å². The van der Waals surface area contributed by atoms with Gasteiger partial charge in [-0.1, -0.05) is 20.8 Å². The maximum atomic E-state index is 11.9. The van der Waals surface area contributed by atoms with Gasteiger partial charge in [0.2, 0.25) is 5.91 Å². The number of carboxylic acids is 1. The van der Waals surface area contributed by atoms with Gasteiger partial charge in [0, 0.05) is 18.4 Å². The van der Waals surface area contributed by atoms with Crippen LogP contribution in [-0.4, -0.2) is 66.8 Å². The quantitative estimate of drug-likeness (QED) is 0.287. The molecule has 0 aliphatic rings. The summed E-state index contributed by atoms with van der Waals surface area (Å²) in [4.78, 5) is 34.7. The van der Waals surface area contributed by atoms with E-state index in [2.05, 4.69) is 31.4 Å². The summed E-state index contributed by atoms with van der Waals surface area (Å²) >= 11 is 0. The fourth-order valence-corrected chi connectivity index (χ4v) is 3.20. The van der Waals surface area contributed by atoms with Crippen LogP contribution in [0.25, 0.3) is 0 Å². The van der Waals surface area contributed by atoms with E-state index in [4.69, 9.17) is 14.6 Å². The molecule has 2 unspecified atom stereocenters. The first-order valence-corrected chi connectivity index (χ1v) is 11.5. The summed E-state index contributed by atoms with van der Waals surface area (Å²) in [5.41, 5.74) is -1.14. The molecule has 8 heteroatoms. The van der Waals surface area contributed by atoms with Crippen molar-refractivity contribution in [1.82, 2.24) is 10.6 Å². The number of amides is 1. The van der Waals surface area contributed by atoms with E-state index in [-0.39, 0.29) is 41.5 Å². The predicted octanol–water partition coefficient (Wildman–Crippen LogP) is 3.18. The van der Waals surface area contributed by atoms with E-state index >= 15 is 0 Å². The second kappa shape index (κ2) is 13.3. The number of carbonyl (C=O) groups excluding carboxylic acids is 2. The summed E-state index contributed by atoms with van der Waals surface area (Å²) in [6.07, 6.45) is 1.83. The number of carboxylic acid groups (broad SMARTS) is 1. The summed E-state index contributed by atoms with van der Waals surface area (Å²) in [6, 6.07) is -0.726. The zero-order valence-corrected chi connectivity index (χ0v) is 21.6. The van der Waals surface area contributed by atoms with Gasteiger partial charge in [0.1, 0.15) is 11.8 Å². The van der Waals surface area contributed by atoms with Gasteiger partial charge in [-0.2, -0.15) is 0 Å². The smallest absolute Gasteiger partial charge is 0.320 e. The zero-order chi connectivity index (χ0) is 25.2. The molecule has 1 amide bonds. The van der Waals surface area contributed by atoms with Crippen molar-refractivity contribution in [1.29, 1.82) is 0 Å². The summed E-state index contributed by atoms with van der Waals surface area (Å²) in [6.45, 7) is 17.0. The number of hydrogen-bond acceptors (Lipinski definition) is 6. The molecule has 0 saturated carbocycles. The lowest BCUT2D eigenvalue weighted by atomic mass is 9.75. The third-order valence-corrected chi connectivity index (χ3v) is 6.36. The van der Waals surface area contributed by atoms with Crippen LogP contribution in [0.4, 0.5) is 0 Å². The van der Waals surface area contributed by atoms with Crippen molar-refractivity contribution in [2.75, 3.05) is 26.8 Å². The molecule has 0 bridgehead atoms. The zero-order valence-electron chi connectivity index (χ0n) is 21.6. The van der Waals surface area contributed by atoms with Gasteiger partial charge in [-0.15, -0.1) is 0 Å². The number of nitrogens with one attached hydrogen (secondary N) is 2. The molecule has 188 valence electrons. The highest BCUT2D eigenvalue weighted by atomic mass is 16.5. The summed E-state index contributed by atoms with van der Waals surface area (Å²) in [5, 5.41) is 14.4. The molecule has 2 atom stereocenters. The molecule has 0 aliphatic carbocycles. The van der Waals surface area contributed by atoms with Crippen molar-refractivity contribution >= 4 is 17.7 Å². The Hall–Kier alpha value is -1.51. The van der Waals surface area contributed by atoms with E-state index in [9.17, 15) is 14.4 Å². The van der Waals surface area contributed by atoms with Crippen molar-refractivity contribution in [3.8, 4) is 0 Å². The van der Waals surface area contributed by atoms with Crippen molar-refractivity contribution in [2.24, 2.45) is 11.3 Å². The molecule has 0 aromatic rings. The van der Waals surface area contributed by atoms with Crippen molar-refractivity contribution in [3.63, 3.8) is 0 Å². The largest absolute Gasteiger partial charge is 0.480 e. The first kappa shape index (κ1) is 30.5. The van der Waals surface area contributed by atoms with Gasteiger partial charge in [0.25, 0.3) is 0 Å². The van der Waals surface area contributed by atoms with Crippen LogP contribution in [0.1, 0.15) is 81.1 Å². The lowest BCUT2D eigenvalue weighted by Gasteiger charge is -2.37. The fourth-order valence-electron chi connectivity index (χ4n) is 3.20. The average Bonchev–Trinajstić information content (AvgIpc) is 2.64. The van der Waals surface area contributed by atoms with Crippen LogP contribution in [0, 0.1) is 11.3 Å². The third kappa shape index (κ3) is 11.9. The molecular weight excluding hydrogens is 412 g/mol. The van der Waals surface area contributed by atoms with Gasteiger partial charge in [0.05, 0.1) is 24.4 Å². The number of hydrogen-bond donors (Lipinski definition) is 3. The van der Waals surface area contributed by atoms with Crippen LogP contribution in [0.5, 0.6) is 0 Å². The van der Waals surface area contributed by atoms with Gasteiger partial charge >= 0.3 is 5.97 Å². The second-order valence-corrected chi connectivity index (χ2v) is 10.4. The van der Waals surface area contributed by atoms with Gasteiger partial charge in [-0.05, 0) is 66.8 Å². The molecule has 3 N–H and O–H groups in total. The van der Waals surface area contributed by atoms with Crippen LogP contribution < -0.4 is 10.6 Å². The van der Waals surface area contributed by atoms with Gasteiger partial charge in [0.15, 0.2) is 0 Å². The molecule has 0 fully saturated rings. The number of ketones is 1. The highest BCUT2D eigenvalue weighted by molar-refractivity contribution is 5.81. The number of carbonyl (C=O) groups is 3. The van der Waals surface area contributed by atoms with Crippen molar-refractivity contribution < 1.29 is 29.0 Å². The normalized spacial score (nSPS) is 14.7. The second-order valence-electron chi connectivity index (χ2n) is 10.4. The monoisotopic (exact) mass is 458 g/mol. The van der Waals surface area contributed by atoms with Crippen molar-refractivity contribution in [2.45, 2.75) is 98.3 Å². The van der Waals surface area contributed by atoms with Gasteiger partial charge in [-0.3, -0.25) is 14.4 Å². The topological polar surface area (TPSA) is 114 Å². The average molecular weight is 459 g/mol. The van der Waals surface area contributed by atoms with E-state index in [0.29, 0.717) is 26.2 Å². The number of aliphatic carboxylic acids is 1. The first-order valence-electron chi connectivity index (χ1n) is 11.5. The van der Waals surface area contributed by atoms with Gasteiger partial charge < -0.3 is 25.2 Å². The molecule has 0 aromatic heterocycles. The molecule has 0 saturated heterocycles. The Kier molecular flexibility index (Phi) is 12.6. The molecule has 0 rings (SSSR count). The molecule has 0 radical (unpaired) electrons. The van der Waals surface area contributed by atoms with Crippen LogP contribution in [-0.2, 0) is 23.9 Å². The van der Waals surface area contributed by atoms with E-state index in [0.717, 1.165) is 6.42 Å². The minimum atomic E-state index is -0.965. The van der Waals surface area contributed by atoms with Crippen LogP contribution in [0.15, 0.2) is 0 Å². The van der Waals surface area contributed by atoms with Crippen LogP contribution in [0.3, 0.4) is 0 Å². The Morgan fingerprint density at radius 1 is 1.00 bits per heavy atom. The predicted molar refractivity (Wildman–Crippen MR) is 126 cm³/mol. The number of Topliss-reactive ketones (excluding diaryl/α,β-unsaturated/α-hetero) is 1. The first-order chi connectivity index (χ1) is 14.5. The molecule has 8 nitrogen and oxygen atoms in total. The maximum Gasteiger partial charge on any atom is 0.320 e. The maximum absolute atomic E-state index is 11.9. The van der Waals surface area contributed by atoms with Gasteiger partial charge in [-0.25, -0.2) is 0 Å². The molecule has 0 heterocycles.